The number of hydrogen-bond donors (Lipinski definition) is 0. The summed E-state index contributed by atoms with van der Waals surface area (Å²) in [5.74, 6) is 0.565. The molecule has 5 heteroatoms. The largest absolute Gasteiger partial charge is 0.450 e. The lowest BCUT2D eigenvalue weighted by Crippen LogP contribution is -2.52. The second kappa shape index (κ2) is 8.13. The number of rotatable bonds is 3. The van der Waals surface area contributed by atoms with Gasteiger partial charge in [-0.15, -0.1) is 0 Å². The standard InChI is InChI=1S/C23H31N3O2/c1-2-28-22(27)25-15-18-7-6-14-26(21(18)16-25)20-10-12-23(17-24,13-11-20)19-8-4-3-5-9-19/h3-5,8-9,18,20-21H,2,6-7,10-16H2,1H3/t18-,20?,21?,23?/m0/s1. The molecule has 1 aromatic rings. The maximum Gasteiger partial charge on any atom is 0.409 e. The van der Waals surface area contributed by atoms with Gasteiger partial charge >= 0.3 is 6.09 Å². The van der Waals surface area contributed by atoms with Crippen molar-refractivity contribution in [3.63, 3.8) is 0 Å². The number of amides is 1. The number of piperidine rings is 1. The van der Waals surface area contributed by atoms with Crippen molar-refractivity contribution in [1.82, 2.24) is 9.80 Å². The van der Waals surface area contributed by atoms with E-state index in [1.807, 2.05) is 30.0 Å². The molecule has 150 valence electrons. The van der Waals surface area contributed by atoms with Crippen LogP contribution in [0.4, 0.5) is 4.79 Å². The van der Waals surface area contributed by atoms with Crippen molar-refractivity contribution in [3.05, 3.63) is 35.9 Å². The van der Waals surface area contributed by atoms with Gasteiger partial charge < -0.3 is 9.64 Å². The van der Waals surface area contributed by atoms with E-state index >= 15 is 0 Å². The van der Waals surface area contributed by atoms with E-state index in [4.69, 9.17) is 4.74 Å². The highest BCUT2D eigenvalue weighted by molar-refractivity contribution is 5.68. The number of ether oxygens (including phenoxy) is 1. The van der Waals surface area contributed by atoms with Crippen LogP contribution in [0.5, 0.6) is 0 Å². The van der Waals surface area contributed by atoms with Crippen LogP contribution in [0.1, 0.15) is 51.0 Å². The summed E-state index contributed by atoms with van der Waals surface area (Å²) in [6, 6.07) is 13.9. The summed E-state index contributed by atoms with van der Waals surface area (Å²) in [6.07, 6.45) is 6.22. The molecule has 0 radical (unpaired) electrons. The minimum atomic E-state index is -0.334. The number of carbonyl (C=O) groups excluding carboxylic acids is 1. The van der Waals surface area contributed by atoms with Crippen molar-refractivity contribution in [2.24, 2.45) is 5.92 Å². The van der Waals surface area contributed by atoms with E-state index in [1.54, 1.807) is 0 Å². The lowest BCUT2D eigenvalue weighted by molar-refractivity contribution is 0.0482. The molecule has 3 aliphatic rings. The predicted octanol–water partition coefficient (Wildman–Crippen LogP) is 3.94. The molecule has 28 heavy (non-hydrogen) atoms. The number of hydrogen-bond acceptors (Lipinski definition) is 4. The molecule has 1 aromatic carbocycles. The summed E-state index contributed by atoms with van der Waals surface area (Å²) in [6.45, 7) is 5.05. The fourth-order valence-corrected chi connectivity index (χ4v) is 5.68. The monoisotopic (exact) mass is 381 g/mol. The fraction of sp³-hybridized carbons (Fsp3) is 0.652. The van der Waals surface area contributed by atoms with Gasteiger partial charge in [0.25, 0.3) is 0 Å². The Morgan fingerprint density at radius 2 is 1.96 bits per heavy atom. The third kappa shape index (κ3) is 3.51. The normalized spacial score (nSPS) is 33.1. The number of carbonyl (C=O) groups is 1. The molecule has 0 bridgehead atoms. The van der Waals surface area contributed by atoms with Crippen LogP contribution in [-0.2, 0) is 10.2 Å². The molecular weight excluding hydrogens is 350 g/mol. The summed E-state index contributed by atoms with van der Waals surface area (Å²) in [7, 11) is 0. The Morgan fingerprint density at radius 3 is 2.64 bits per heavy atom. The first kappa shape index (κ1) is 19.3. The first-order chi connectivity index (χ1) is 13.7. The molecule has 3 fully saturated rings. The third-order valence-corrected chi connectivity index (χ3v) is 7.17. The molecule has 0 aromatic heterocycles. The average Bonchev–Trinajstić information content (AvgIpc) is 3.19. The lowest BCUT2D eigenvalue weighted by Gasteiger charge is -2.46. The fourth-order valence-electron chi connectivity index (χ4n) is 5.68. The summed E-state index contributed by atoms with van der Waals surface area (Å²) in [5, 5.41) is 9.97. The highest BCUT2D eigenvalue weighted by atomic mass is 16.6. The maximum atomic E-state index is 12.2. The average molecular weight is 382 g/mol. The van der Waals surface area contributed by atoms with E-state index < -0.39 is 0 Å². The van der Waals surface area contributed by atoms with Gasteiger partial charge in [-0.2, -0.15) is 5.26 Å². The summed E-state index contributed by atoms with van der Waals surface area (Å²) in [4.78, 5) is 16.8. The van der Waals surface area contributed by atoms with E-state index in [9.17, 15) is 10.1 Å². The summed E-state index contributed by atoms with van der Waals surface area (Å²) < 4.78 is 5.24. The molecule has 2 saturated heterocycles. The highest BCUT2D eigenvalue weighted by Gasteiger charge is 2.46. The van der Waals surface area contributed by atoms with Crippen LogP contribution in [-0.4, -0.2) is 54.2 Å². The Morgan fingerprint density at radius 1 is 1.21 bits per heavy atom. The zero-order valence-corrected chi connectivity index (χ0v) is 16.8. The van der Waals surface area contributed by atoms with E-state index in [0.29, 0.717) is 24.6 Å². The van der Waals surface area contributed by atoms with Crippen LogP contribution < -0.4 is 0 Å². The molecule has 1 aliphatic carbocycles. The highest BCUT2D eigenvalue weighted by Crippen LogP contribution is 2.42. The van der Waals surface area contributed by atoms with E-state index in [0.717, 1.165) is 45.3 Å². The van der Waals surface area contributed by atoms with Gasteiger partial charge in [0.1, 0.15) is 0 Å². The van der Waals surface area contributed by atoms with Gasteiger partial charge in [-0.25, -0.2) is 4.79 Å². The number of fused-ring (bicyclic) bond motifs is 1. The number of benzene rings is 1. The van der Waals surface area contributed by atoms with Gasteiger partial charge in [-0.3, -0.25) is 4.90 Å². The Hall–Kier alpha value is -2.06. The topological polar surface area (TPSA) is 56.6 Å². The molecule has 5 nitrogen and oxygen atoms in total. The minimum absolute atomic E-state index is 0.159. The van der Waals surface area contributed by atoms with Crippen molar-refractivity contribution < 1.29 is 9.53 Å². The van der Waals surface area contributed by atoms with Crippen molar-refractivity contribution in [2.45, 2.75) is 62.9 Å². The van der Waals surface area contributed by atoms with Gasteiger partial charge in [0, 0.05) is 25.2 Å². The first-order valence-electron chi connectivity index (χ1n) is 10.8. The molecule has 2 heterocycles. The molecular formula is C23H31N3O2. The minimum Gasteiger partial charge on any atom is -0.450 e. The Balaban J connectivity index is 1.43. The van der Waals surface area contributed by atoms with Gasteiger partial charge in [0.05, 0.1) is 18.1 Å². The first-order valence-corrected chi connectivity index (χ1v) is 10.8. The molecule has 1 unspecified atom stereocenters. The number of nitriles is 1. The van der Waals surface area contributed by atoms with Gasteiger partial charge in [-0.05, 0) is 63.5 Å². The van der Waals surface area contributed by atoms with Crippen LogP contribution >= 0.6 is 0 Å². The third-order valence-electron chi connectivity index (χ3n) is 7.17. The van der Waals surface area contributed by atoms with E-state index in [2.05, 4.69) is 23.1 Å². The Kier molecular flexibility index (Phi) is 5.59. The number of nitrogens with zero attached hydrogens (tertiary/aromatic N) is 3. The molecule has 4 rings (SSSR count). The second-order valence-corrected chi connectivity index (χ2v) is 8.60. The van der Waals surface area contributed by atoms with Crippen LogP contribution in [0, 0.1) is 17.2 Å². The van der Waals surface area contributed by atoms with Crippen molar-refractivity contribution in [1.29, 1.82) is 5.26 Å². The van der Waals surface area contributed by atoms with E-state index in [-0.39, 0.29) is 11.5 Å². The van der Waals surface area contributed by atoms with Crippen molar-refractivity contribution >= 4 is 6.09 Å². The van der Waals surface area contributed by atoms with E-state index in [1.165, 1.54) is 18.4 Å². The van der Waals surface area contributed by atoms with Crippen LogP contribution in [0.25, 0.3) is 0 Å². The second-order valence-electron chi connectivity index (χ2n) is 8.60. The van der Waals surface area contributed by atoms with Gasteiger partial charge in [-0.1, -0.05) is 30.3 Å². The Bertz CT molecular complexity index is 721. The predicted molar refractivity (Wildman–Crippen MR) is 108 cm³/mol. The van der Waals surface area contributed by atoms with Crippen molar-refractivity contribution in [2.75, 3.05) is 26.2 Å². The molecule has 2 atom stereocenters. The molecule has 1 saturated carbocycles. The molecule has 0 spiro atoms. The molecule has 0 N–H and O–H groups in total. The maximum absolute atomic E-state index is 12.2. The zero-order chi connectivity index (χ0) is 19.6. The quantitative estimate of drug-likeness (QED) is 0.796. The van der Waals surface area contributed by atoms with Gasteiger partial charge in [0.2, 0.25) is 0 Å². The number of likely N-dealkylation sites (tertiary alicyclic amines) is 2. The zero-order valence-electron chi connectivity index (χ0n) is 16.8. The summed E-state index contributed by atoms with van der Waals surface area (Å²) in [5.41, 5.74) is 0.835. The van der Waals surface area contributed by atoms with Gasteiger partial charge in [0.15, 0.2) is 0 Å². The smallest absolute Gasteiger partial charge is 0.409 e. The Labute approximate surface area is 168 Å². The molecule has 2 aliphatic heterocycles. The van der Waals surface area contributed by atoms with Crippen LogP contribution in [0.2, 0.25) is 0 Å². The SMILES string of the molecule is CCOC(=O)N1CC2[C@@H](CCCN2C2CCC(C#N)(c3ccccc3)CC2)C1. The molecule has 1 amide bonds. The van der Waals surface area contributed by atoms with Crippen LogP contribution in [0.15, 0.2) is 30.3 Å². The van der Waals surface area contributed by atoms with Crippen LogP contribution in [0.3, 0.4) is 0 Å². The van der Waals surface area contributed by atoms with Crippen molar-refractivity contribution in [3.8, 4) is 6.07 Å². The summed E-state index contributed by atoms with van der Waals surface area (Å²) >= 11 is 0. The lowest BCUT2D eigenvalue weighted by atomic mass is 9.68.